The normalized spacial score (nSPS) is 26.0. The van der Waals surface area contributed by atoms with Gasteiger partial charge in [0, 0.05) is 0 Å². The monoisotopic (exact) mass is 225 g/mol. The Labute approximate surface area is 95.8 Å². The molecule has 2 rings (SSSR count). The lowest BCUT2D eigenvalue weighted by atomic mass is 10.1. The zero-order valence-electron chi connectivity index (χ0n) is 9.95. The number of hydrogen-bond donors (Lipinski definition) is 1. The maximum Gasteiger partial charge on any atom is 0.326 e. The molecule has 2 heterocycles. The van der Waals surface area contributed by atoms with Crippen molar-refractivity contribution < 1.29 is 9.59 Å². The summed E-state index contributed by atoms with van der Waals surface area (Å²) in [6, 6.07) is -0.263. The van der Waals surface area contributed by atoms with Gasteiger partial charge in [0.2, 0.25) is 0 Å². The minimum absolute atomic E-state index is 0.122. The average Bonchev–Trinajstić information content (AvgIpc) is 2.42. The van der Waals surface area contributed by atoms with Gasteiger partial charge < -0.3 is 5.32 Å². The Bertz CT molecular complexity index is 308. The molecule has 16 heavy (non-hydrogen) atoms. The standard InChI is InChI=1S/C11H19N3O2/c1-11(2)9(15)14(10(16)12-11)8-13-6-4-3-5-7-13/h3-8H2,1-2H3,(H,12,16). The van der Waals surface area contributed by atoms with E-state index >= 15 is 0 Å². The molecule has 0 radical (unpaired) electrons. The van der Waals surface area contributed by atoms with E-state index in [2.05, 4.69) is 10.2 Å². The highest BCUT2D eigenvalue weighted by Gasteiger charge is 2.44. The van der Waals surface area contributed by atoms with Gasteiger partial charge >= 0.3 is 6.03 Å². The molecule has 2 saturated heterocycles. The third kappa shape index (κ3) is 2.04. The number of carbonyl (C=O) groups is 2. The first-order valence-electron chi connectivity index (χ1n) is 5.87. The number of imide groups is 1. The minimum atomic E-state index is -0.743. The predicted molar refractivity (Wildman–Crippen MR) is 59.7 cm³/mol. The Morgan fingerprint density at radius 3 is 2.31 bits per heavy atom. The average molecular weight is 225 g/mol. The molecule has 0 spiro atoms. The second-order valence-corrected chi connectivity index (χ2v) is 5.11. The van der Waals surface area contributed by atoms with Crippen LogP contribution < -0.4 is 5.32 Å². The number of rotatable bonds is 2. The molecule has 0 bridgehead atoms. The quantitative estimate of drug-likeness (QED) is 0.706. The van der Waals surface area contributed by atoms with E-state index < -0.39 is 5.54 Å². The molecule has 5 heteroatoms. The first-order chi connectivity index (χ1) is 7.50. The first kappa shape index (κ1) is 11.4. The van der Waals surface area contributed by atoms with Crippen LogP contribution in [0.25, 0.3) is 0 Å². The Morgan fingerprint density at radius 1 is 1.19 bits per heavy atom. The number of piperidine rings is 1. The van der Waals surface area contributed by atoms with Crippen LogP contribution >= 0.6 is 0 Å². The Kier molecular flexibility index (Phi) is 2.88. The smallest absolute Gasteiger partial charge is 0.324 e. The topological polar surface area (TPSA) is 52.7 Å². The van der Waals surface area contributed by atoms with E-state index in [1.807, 2.05) is 0 Å². The van der Waals surface area contributed by atoms with E-state index in [-0.39, 0.29) is 11.9 Å². The van der Waals surface area contributed by atoms with E-state index in [1.54, 1.807) is 13.8 Å². The van der Waals surface area contributed by atoms with Crippen molar-refractivity contribution in [2.45, 2.75) is 38.6 Å². The van der Waals surface area contributed by atoms with Crippen LogP contribution in [-0.4, -0.2) is 47.0 Å². The summed E-state index contributed by atoms with van der Waals surface area (Å²) in [5.74, 6) is -0.122. The molecular weight excluding hydrogens is 206 g/mol. The fourth-order valence-corrected chi connectivity index (χ4v) is 2.25. The molecule has 5 nitrogen and oxygen atoms in total. The highest BCUT2D eigenvalue weighted by molar-refractivity contribution is 6.06. The van der Waals surface area contributed by atoms with Gasteiger partial charge in [-0.3, -0.25) is 9.69 Å². The van der Waals surface area contributed by atoms with Gasteiger partial charge in [-0.2, -0.15) is 0 Å². The van der Waals surface area contributed by atoms with Crippen molar-refractivity contribution >= 4 is 11.9 Å². The lowest BCUT2D eigenvalue weighted by Gasteiger charge is -2.29. The van der Waals surface area contributed by atoms with Crippen LogP contribution in [0.1, 0.15) is 33.1 Å². The Hall–Kier alpha value is -1.10. The molecule has 0 saturated carbocycles. The molecule has 0 aromatic rings. The van der Waals surface area contributed by atoms with Gasteiger partial charge in [-0.25, -0.2) is 9.69 Å². The maximum absolute atomic E-state index is 11.9. The summed E-state index contributed by atoms with van der Waals surface area (Å²) in [6.07, 6.45) is 3.57. The van der Waals surface area contributed by atoms with E-state index in [0.717, 1.165) is 25.9 Å². The summed E-state index contributed by atoms with van der Waals surface area (Å²) >= 11 is 0. The second-order valence-electron chi connectivity index (χ2n) is 5.11. The van der Waals surface area contributed by atoms with Crippen LogP contribution in [-0.2, 0) is 4.79 Å². The Balaban J connectivity index is 1.99. The van der Waals surface area contributed by atoms with Gasteiger partial charge in [0.1, 0.15) is 5.54 Å². The van der Waals surface area contributed by atoms with Crippen LogP contribution in [0, 0.1) is 0 Å². The number of nitrogens with one attached hydrogen (secondary N) is 1. The number of carbonyl (C=O) groups excluding carboxylic acids is 2. The summed E-state index contributed by atoms with van der Waals surface area (Å²) < 4.78 is 0. The van der Waals surface area contributed by atoms with Crippen molar-refractivity contribution in [2.24, 2.45) is 0 Å². The molecule has 0 aromatic carbocycles. The highest BCUT2D eigenvalue weighted by Crippen LogP contribution is 2.18. The molecule has 2 aliphatic heterocycles. The number of hydrogen-bond acceptors (Lipinski definition) is 3. The SMILES string of the molecule is CC1(C)NC(=O)N(CN2CCCCC2)C1=O. The van der Waals surface area contributed by atoms with E-state index in [4.69, 9.17) is 0 Å². The summed E-state index contributed by atoms with van der Waals surface area (Å²) in [6.45, 7) is 5.88. The molecule has 0 unspecified atom stereocenters. The number of nitrogens with zero attached hydrogens (tertiary/aromatic N) is 2. The van der Waals surface area contributed by atoms with Crippen molar-refractivity contribution in [3.8, 4) is 0 Å². The zero-order chi connectivity index (χ0) is 11.8. The predicted octanol–water partition coefficient (Wildman–Crippen LogP) is 0.760. The molecule has 3 amide bonds. The second kappa shape index (κ2) is 4.05. The molecule has 2 fully saturated rings. The van der Waals surface area contributed by atoms with Crippen LogP contribution in [0.3, 0.4) is 0 Å². The number of likely N-dealkylation sites (tertiary alicyclic amines) is 1. The summed E-state index contributed by atoms with van der Waals surface area (Å²) in [4.78, 5) is 27.1. The van der Waals surface area contributed by atoms with Gasteiger partial charge in [-0.1, -0.05) is 6.42 Å². The molecule has 2 aliphatic rings. The van der Waals surface area contributed by atoms with Crippen molar-refractivity contribution in [2.75, 3.05) is 19.8 Å². The van der Waals surface area contributed by atoms with E-state index in [1.165, 1.54) is 11.3 Å². The van der Waals surface area contributed by atoms with Crippen molar-refractivity contribution in [1.82, 2.24) is 15.1 Å². The third-order valence-corrected chi connectivity index (χ3v) is 3.23. The van der Waals surface area contributed by atoms with Crippen LogP contribution in [0.5, 0.6) is 0 Å². The van der Waals surface area contributed by atoms with E-state index in [0.29, 0.717) is 6.67 Å². The third-order valence-electron chi connectivity index (χ3n) is 3.23. The zero-order valence-corrected chi connectivity index (χ0v) is 9.95. The summed E-state index contributed by atoms with van der Waals surface area (Å²) in [7, 11) is 0. The molecule has 0 aromatic heterocycles. The van der Waals surface area contributed by atoms with Gasteiger partial charge in [-0.15, -0.1) is 0 Å². The maximum atomic E-state index is 11.9. The fourth-order valence-electron chi connectivity index (χ4n) is 2.25. The molecule has 0 aliphatic carbocycles. The number of urea groups is 1. The van der Waals surface area contributed by atoms with Crippen molar-refractivity contribution in [1.29, 1.82) is 0 Å². The summed E-state index contributed by atoms with van der Waals surface area (Å²) in [5.41, 5.74) is -0.743. The molecule has 90 valence electrons. The lowest BCUT2D eigenvalue weighted by Crippen LogP contribution is -2.45. The van der Waals surface area contributed by atoms with E-state index in [9.17, 15) is 9.59 Å². The van der Waals surface area contributed by atoms with Gasteiger partial charge in [0.05, 0.1) is 6.67 Å². The molecule has 0 atom stereocenters. The van der Waals surface area contributed by atoms with Crippen LogP contribution in [0.2, 0.25) is 0 Å². The van der Waals surface area contributed by atoms with Crippen LogP contribution in [0.4, 0.5) is 4.79 Å². The fraction of sp³-hybridized carbons (Fsp3) is 0.818. The van der Waals surface area contributed by atoms with Gasteiger partial charge in [0.25, 0.3) is 5.91 Å². The Morgan fingerprint density at radius 2 is 1.81 bits per heavy atom. The van der Waals surface area contributed by atoms with Crippen molar-refractivity contribution in [3.05, 3.63) is 0 Å². The van der Waals surface area contributed by atoms with Crippen LogP contribution in [0.15, 0.2) is 0 Å². The minimum Gasteiger partial charge on any atom is -0.324 e. The molecular formula is C11H19N3O2. The van der Waals surface area contributed by atoms with Crippen molar-refractivity contribution in [3.63, 3.8) is 0 Å². The van der Waals surface area contributed by atoms with Gasteiger partial charge in [0.15, 0.2) is 0 Å². The van der Waals surface area contributed by atoms with Gasteiger partial charge in [-0.05, 0) is 39.8 Å². The lowest BCUT2D eigenvalue weighted by molar-refractivity contribution is -0.131. The summed E-state index contributed by atoms with van der Waals surface area (Å²) in [5, 5.41) is 2.69. The highest BCUT2D eigenvalue weighted by atomic mass is 16.2. The first-order valence-corrected chi connectivity index (χ1v) is 5.87. The molecule has 1 N–H and O–H groups in total. The number of amides is 3. The largest absolute Gasteiger partial charge is 0.326 e.